The van der Waals surface area contributed by atoms with E-state index in [0.717, 1.165) is 51.1 Å². The predicted molar refractivity (Wildman–Crippen MR) is 142 cm³/mol. The molecule has 0 radical (unpaired) electrons. The standard InChI is InChI=1S/C29H31N5O3/c1-20-6-5-12-34-18-23(32-28(20)34)19-37-24-9-7-21(8-10-24)17-31-27(29-30-11-13-33(29)2)22-14-25(35-3)16-26(15-22)36-4/h5-16,18,27,31H,17,19H2,1-4H3. The molecule has 37 heavy (non-hydrogen) atoms. The number of nitrogens with one attached hydrogen (secondary N) is 1. The average molecular weight is 498 g/mol. The van der Waals surface area contributed by atoms with Gasteiger partial charge in [0.1, 0.15) is 35.3 Å². The van der Waals surface area contributed by atoms with Crippen LogP contribution >= 0.6 is 0 Å². The van der Waals surface area contributed by atoms with E-state index in [9.17, 15) is 0 Å². The van der Waals surface area contributed by atoms with Crippen molar-refractivity contribution in [1.29, 1.82) is 0 Å². The van der Waals surface area contributed by atoms with Crippen LogP contribution in [-0.4, -0.2) is 33.2 Å². The van der Waals surface area contributed by atoms with Crippen LogP contribution in [-0.2, 0) is 20.2 Å². The van der Waals surface area contributed by atoms with E-state index < -0.39 is 0 Å². The number of rotatable bonds is 10. The molecule has 0 saturated carbocycles. The van der Waals surface area contributed by atoms with Crippen LogP contribution in [0, 0.1) is 6.92 Å². The lowest BCUT2D eigenvalue weighted by Crippen LogP contribution is -2.25. The molecular formula is C29H31N5O3. The van der Waals surface area contributed by atoms with Gasteiger partial charge in [-0.2, -0.15) is 0 Å². The molecule has 190 valence electrons. The number of hydrogen-bond donors (Lipinski definition) is 1. The zero-order valence-electron chi connectivity index (χ0n) is 21.5. The third-order valence-electron chi connectivity index (χ3n) is 6.37. The molecule has 0 fully saturated rings. The fourth-order valence-corrected chi connectivity index (χ4v) is 4.36. The minimum Gasteiger partial charge on any atom is -0.497 e. The quantitative estimate of drug-likeness (QED) is 0.297. The van der Waals surface area contributed by atoms with Crippen LogP contribution in [0.4, 0.5) is 0 Å². The Morgan fingerprint density at radius 1 is 0.946 bits per heavy atom. The summed E-state index contributed by atoms with van der Waals surface area (Å²) in [4.78, 5) is 9.28. The number of hydrogen-bond acceptors (Lipinski definition) is 6. The molecule has 0 amide bonds. The van der Waals surface area contributed by atoms with Crippen molar-refractivity contribution >= 4 is 5.65 Å². The summed E-state index contributed by atoms with van der Waals surface area (Å²) < 4.78 is 21.0. The van der Waals surface area contributed by atoms with E-state index in [0.29, 0.717) is 13.2 Å². The van der Waals surface area contributed by atoms with Gasteiger partial charge in [-0.15, -0.1) is 0 Å². The van der Waals surface area contributed by atoms with Crippen molar-refractivity contribution in [3.8, 4) is 17.2 Å². The lowest BCUT2D eigenvalue weighted by atomic mass is 10.0. The van der Waals surface area contributed by atoms with Crippen LogP contribution in [0.2, 0.25) is 0 Å². The second-order valence-corrected chi connectivity index (χ2v) is 8.94. The van der Waals surface area contributed by atoms with Crippen molar-refractivity contribution in [2.45, 2.75) is 26.1 Å². The summed E-state index contributed by atoms with van der Waals surface area (Å²) in [7, 11) is 5.30. The smallest absolute Gasteiger partial charge is 0.140 e. The number of imidazole rings is 2. The van der Waals surface area contributed by atoms with Gasteiger partial charge in [0.2, 0.25) is 0 Å². The number of benzene rings is 2. The van der Waals surface area contributed by atoms with Gasteiger partial charge < -0.3 is 23.2 Å². The first-order chi connectivity index (χ1) is 18.0. The number of pyridine rings is 1. The lowest BCUT2D eigenvalue weighted by molar-refractivity contribution is 0.302. The van der Waals surface area contributed by atoms with Gasteiger partial charge in [0, 0.05) is 44.4 Å². The van der Waals surface area contributed by atoms with E-state index in [-0.39, 0.29) is 6.04 Å². The Morgan fingerprint density at radius 3 is 2.35 bits per heavy atom. The second kappa shape index (κ2) is 10.8. The maximum absolute atomic E-state index is 6.00. The van der Waals surface area contributed by atoms with Gasteiger partial charge in [0.25, 0.3) is 0 Å². The molecule has 0 bridgehead atoms. The highest BCUT2D eigenvalue weighted by molar-refractivity contribution is 5.48. The van der Waals surface area contributed by atoms with Crippen molar-refractivity contribution in [2.75, 3.05) is 14.2 Å². The Morgan fingerprint density at radius 2 is 1.70 bits per heavy atom. The van der Waals surface area contributed by atoms with Crippen molar-refractivity contribution < 1.29 is 14.2 Å². The summed E-state index contributed by atoms with van der Waals surface area (Å²) in [5.41, 5.74) is 5.13. The highest BCUT2D eigenvalue weighted by atomic mass is 16.5. The number of aromatic nitrogens is 4. The molecule has 8 nitrogen and oxygen atoms in total. The Bertz CT molecular complexity index is 1470. The van der Waals surface area contributed by atoms with Crippen LogP contribution < -0.4 is 19.5 Å². The zero-order chi connectivity index (χ0) is 25.8. The van der Waals surface area contributed by atoms with E-state index in [4.69, 9.17) is 14.2 Å². The minimum absolute atomic E-state index is 0.154. The van der Waals surface area contributed by atoms with E-state index in [1.807, 2.05) is 71.0 Å². The summed E-state index contributed by atoms with van der Waals surface area (Å²) >= 11 is 0. The van der Waals surface area contributed by atoms with E-state index in [1.165, 1.54) is 0 Å². The predicted octanol–water partition coefficient (Wildman–Crippen LogP) is 4.85. The first kappa shape index (κ1) is 24.4. The summed E-state index contributed by atoms with van der Waals surface area (Å²) in [6.07, 6.45) is 7.75. The SMILES string of the molecule is COc1cc(OC)cc(C(NCc2ccc(OCc3cn4cccc(C)c4n3)cc2)c2nccn2C)c1. The normalized spacial score (nSPS) is 12.0. The summed E-state index contributed by atoms with van der Waals surface area (Å²) in [5, 5.41) is 3.65. The van der Waals surface area contributed by atoms with Gasteiger partial charge in [-0.3, -0.25) is 5.32 Å². The van der Waals surface area contributed by atoms with Crippen LogP contribution in [0.25, 0.3) is 5.65 Å². The van der Waals surface area contributed by atoms with Crippen molar-refractivity contribution in [3.05, 3.63) is 108 Å². The molecular weight excluding hydrogens is 466 g/mol. The molecule has 0 saturated heterocycles. The number of aryl methyl sites for hydroxylation is 2. The summed E-state index contributed by atoms with van der Waals surface area (Å²) in [5.74, 6) is 3.17. The average Bonchev–Trinajstić information content (AvgIpc) is 3.55. The van der Waals surface area contributed by atoms with Crippen molar-refractivity contribution in [1.82, 2.24) is 24.3 Å². The lowest BCUT2D eigenvalue weighted by Gasteiger charge is -2.21. The minimum atomic E-state index is -0.154. The van der Waals surface area contributed by atoms with E-state index >= 15 is 0 Å². The largest absolute Gasteiger partial charge is 0.497 e. The fourth-order valence-electron chi connectivity index (χ4n) is 4.36. The van der Waals surface area contributed by atoms with Gasteiger partial charge in [-0.05, 0) is 53.9 Å². The molecule has 1 N–H and O–H groups in total. The highest BCUT2D eigenvalue weighted by Gasteiger charge is 2.20. The fraction of sp³-hybridized carbons (Fsp3) is 0.241. The van der Waals surface area contributed by atoms with Crippen molar-refractivity contribution in [2.24, 2.45) is 7.05 Å². The Hall–Kier alpha value is -4.30. The monoisotopic (exact) mass is 497 g/mol. The Balaban J connectivity index is 1.28. The maximum atomic E-state index is 6.00. The topological polar surface area (TPSA) is 74.8 Å². The number of ether oxygens (including phenoxy) is 3. The van der Waals surface area contributed by atoms with Crippen LogP contribution in [0.15, 0.2) is 79.4 Å². The maximum Gasteiger partial charge on any atom is 0.140 e. The molecule has 0 spiro atoms. The summed E-state index contributed by atoms with van der Waals surface area (Å²) in [6, 6.07) is 17.9. The molecule has 5 rings (SSSR count). The molecule has 0 aliphatic carbocycles. The molecule has 1 atom stereocenters. The van der Waals surface area contributed by atoms with E-state index in [1.54, 1.807) is 20.4 Å². The first-order valence-corrected chi connectivity index (χ1v) is 12.1. The van der Waals surface area contributed by atoms with Gasteiger partial charge in [0.15, 0.2) is 0 Å². The van der Waals surface area contributed by atoms with E-state index in [2.05, 4.69) is 40.4 Å². The molecule has 5 aromatic rings. The highest BCUT2D eigenvalue weighted by Crippen LogP contribution is 2.30. The molecule has 8 heteroatoms. The third-order valence-corrected chi connectivity index (χ3v) is 6.37. The summed E-state index contributed by atoms with van der Waals surface area (Å²) in [6.45, 7) is 3.11. The van der Waals surface area contributed by atoms with Gasteiger partial charge in [-0.1, -0.05) is 18.2 Å². The number of methoxy groups -OCH3 is 2. The van der Waals surface area contributed by atoms with Crippen LogP contribution in [0.5, 0.6) is 17.2 Å². The Labute approximate surface area is 216 Å². The van der Waals surface area contributed by atoms with Crippen molar-refractivity contribution in [3.63, 3.8) is 0 Å². The number of fused-ring (bicyclic) bond motifs is 1. The number of nitrogens with zero attached hydrogens (tertiary/aromatic N) is 4. The third kappa shape index (κ3) is 5.44. The Kier molecular flexibility index (Phi) is 7.09. The van der Waals surface area contributed by atoms with Crippen LogP contribution in [0.1, 0.15) is 34.3 Å². The molecule has 0 aliphatic rings. The van der Waals surface area contributed by atoms with Gasteiger partial charge in [-0.25, -0.2) is 9.97 Å². The first-order valence-electron chi connectivity index (χ1n) is 12.1. The van der Waals surface area contributed by atoms with Crippen LogP contribution in [0.3, 0.4) is 0 Å². The van der Waals surface area contributed by atoms with Gasteiger partial charge >= 0.3 is 0 Å². The molecule has 2 aromatic carbocycles. The van der Waals surface area contributed by atoms with Gasteiger partial charge in [0.05, 0.1) is 26.0 Å². The molecule has 3 heterocycles. The molecule has 3 aromatic heterocycles. The molecule has 1 unspecified atom stereocenters. The molecule has 0 aliphatic heterocycles. The zero-order valence-corrected chi connectivity index (χ0v) is 21.5. The second-order valence-electron chi connectivity index (χ2n) is 8.94.